The van der Waals surface area contributed by atoms with E-state index in [1.165, 1.54) is 0 Å². The molecule has 1 aliphatic rings. The van der Waals surface area contributed by atoms with Crippen LogP contribution in [0.5, 0.6) is 0 Å². The Bertz CT molecular complexity index is 1070. The highest BCUT2D eigenvalue weighted by Gasteiger charge is 2.28. The normalized spacial score (nSPS) is 16.5. The molecule has 0 bridgehead atoms. The molecule has 8 nitrogen and oxygen atoms in total. The van der Waals surface area contributed by atoms with Gasteiger partial charge in [0.15, 0.2) is 0 Å². The van der Waals surface area contributed by atoms with Crippen molar-refractivity contribution in [1.29, 1.82) is 5.26 Å². The maximum atomic E-state index is 13.1. The van der Waals surface area contributed by atoms with Crippen molar-refractivity contribution in [2.75, 3.05) is 24.5 Å². The third-order valence-electron chi connectivity index (χ3n) is 4.98. The molecule has 0 spiro atoms. The van der Waals surface area contributed by atoms with Crippen LogP contribution in [0.15, 0.2) is 47.1 Å². The first-order valence-electron chi connectivity index (χ1n) is 9.38. The zero-order chi connectivity index (χ0) is 20.4. The molecule has 146 valence electrons. The second kappa shape index (κ2) is 7.72. The predicted octanol–water partition coefficient (Wildman–Crippen LogP) is 2.66. The van der Waals surface area contributed by atoms with Crippen LogP contribution in [0.25, 0.3) is 11.4 Å². The maximum absolute atomic E-state index is 13.1. The van der Waals surface area contributed by atoms with Crippen LogP contribution in [0, 0.1) is 18.3 Å². The SMILES string of the molecule is Cc1nc(-c2cccc(C(=O)N3CCN(c4ccc(C#N)cn4)C(C)C3)c2)no1. The number of anilines is 1. The van der Waals surface area contributed by atoms with Gasteiger partial charge < -0.3 is 14.3 Å². The van der Waals surface area contributed by atoms with Gasteiger partial charge >= 0.3 is 0 Å². The summed E-state index contributed by atoms with van der Waals surface area (Å²) in [6.45, 7) is 5.66. The minimum absolute atomic E-state index is 0.0219. The van der Waals surface area contributed by atoms with Crippen LogP contribution in [0.2, 0.25) is 0 Å². The number of nitrogens with zero attached hydrogens (tertiary/aromatic N) is 6. The topological polar surface area (TPSA) is 99.2 Å². The van der Waals surface area contributed by atoms with Gasteiger partial charge in [0.05, 0.1) is 5.56 Å². The zero-order valence-corrected chi connectivity index (χ0v) is 16.2. The Labute approximate surface area is 168 Å². The van der Waals surface area contributed by atoms with Crippen molar-refractivity contribution in [3.05, 3.63) is 59.6 Å². The van der Waals surface area contributed by atoms with Gasteiger partial charge in [0.25, 0.3) is 5.91 Å². The lowest BCUT2D eigenvalue weighted by molar-refractivity contribution is 0.0726. The Hall–Kier alpha value is -3.73. The summed E-state index contributed by atoms with van der Waals surface area (Å²) < 4.78 is 5.03. The molecule has 1 saturated heterocycles. The smallest absolute Gasteiger partial charge is 0.254 e. The number of hydrogen-bond donors (Lipinski definition) is 0. The van der Waals surface area contributed by atoms with E-state index in [0.29, 0.717) is 42.5 Å². The molecular formula is C21H20N6O2. The van der Waals surface area contributed by atoms with Crippen molar-refractivity contribution in [3.8, 4) is 17.5 Å². The van der Waals surface area contributed by atoms with Crippen LogP contribution in [-0.2, 0) is 0 Å². The number of aryl methyl sites for hydroxylation is 1. The van der Waals surface area contributed by atoms with Crippen LogP contribution in [-0.4, -0.2) is 51.6 Å². The van der Waals surface area contributed by atoms with Gasteiger partial charge in [-0.05, 0) is 31.2 Å². The molecule has 3 heterocycles. The number of rotatable bonds is 3. The summed E-state index contributed by atoms with van der Waals surface area (Å²) >= 11 is 0. The Morgan fingerprint density at radius 1 is 1.28 bits per heavy atom. The standard InChI is InChI=1S/C21H20N6O2/c1-14-13-26(8-9-27(14)19-7-6-16(11-22)12-23-19)21(28)18-5-3-4-17(10-18)20-24-15(2)29-25-20/h3-7,10,12,14H,8-9,13H2,1-2H3. The average Bonchev–Trinajstić information content (AvgIpc) is 3.20. The van der Waals surface area contributed by atoms with Gasteiger partial charge in [0.1, 0.15) is 11.9 Å². The van der Waals surface area contributed by atoms with Crippen LogP contribution in [0.3, 0.4) is 0 Å². The summed E-state index contributed by atoms with van der Waals surface area (Å²) in [6.07, 6.45) is 1.57. The Balaban J connectivity index is 1.47. The number of aromatic nitrogens is 3. The van der Waals surface area contributed by atoms with Gasteiger partial charge in [-0.25, -0.2) is 4.98 Å². The molecule has 8 heteroatoms. The molecule has 3 aromatic rings. The van der Waals surface area contributed by atoms with Crippen molar-refractivity contribution in [2.45, 2.75) is 19.9 Å². The number of nitriles is 1. The van der Waals surface area contributed by atoms with Crippen molar-refractivity contribution < 1.29 is 9.32 Å². The first-order valence-corrected chi connectivity index (χ1v) is 9.38. The fourth-order valence-corrected chi connectivity index (χ4v) is 3.49. The molecule has 0 saturated carbocycles. The highest BCUT2D eigenvalue weighted by molar-refractivity contribution is 5.95. The highest BCUT2D eigenvalue weighted by atomic mass is 16.5. The molecule has 0 aliphatic carbocycles. The number of pyridine rings is 1. The third-order valence-corrected chi connectivity index (χ3v) is 4.98. The van der Waals surface area contributed by atoms with Crippen LogP contribution < -0.4 is 4.90 Å². The first kappa shape index (κ1) is 18.6. The minimum atomic E-state index is -0.0219. The molecule has 1 fully saturated rings. The van der Waals surface area contributed by atoms with E-state index >= 15 is 0 Å². The Morgan fingerprint density at radius 2 is 2.14 bits per heavy atom. The molecule has 29 heavy (non-hydrogen) atoms. The van der Waals surface area contributed by atoms with Gasteiger partial charge in [-0.2, -0.15) is 10.2 Å². The Morgan fingerprint density at radius 3 is 2.79 bits per heavy atom. The van der Waals surface area contributed by atoms with Crippen molar-refractivity contribution in [3.63, 3.8) is 0 Å². The van der Waals surface area contributed by atoms with Crippen LogP contribution >= 0.6 is 0 Å². The predicted molar refractivity (Wildman–Crippen MR) is 106 cm³/mol. The Kier molecular flexibility index (Phi) is 4.96. The molecule has 0 radical (unpaired) electrons. The minimum Gasteiger partial charge on any atom is -0.350 e. The maximum Gasteiger partial charge on any atom is 0.254 e. The summed E-state index contributed by atoms with van der Waals surface area (Å²) in [5, 5.41) is 12.8. The number of carbonyl (C=O) groups excluding carboxylic acids is 1. The quantitative estimate of drug-likeness (QED) is 0.680. The molecule has 1 atom stereocenters. The van der Waals surface area contributed by atoms with Crippen LogP contribution in [0.4, 0.5) is 5.82 Å². The monoisotopic (exact) mass is 388 g/mol. The lowest BCUT2D eigenvalue weighted by Crippen LogP contribution is -2.54. The second-order valence-corrected chi connectivity index (χ2v) is 7.03. The molecule has 4 rings (SSSR count). The fraction of sp³-hybridized carbons (Fsp3) is 0.286. The molecule has 0 N–H and O–H groups in total. The lowest BCUT2D eigenvalue weighted by atomic mass is 10.1. The number of carbonyl (C=O) groups is 1. The van der Waals surface area contributed by atoms with E-state index in [9.17, 15) is 4.79 Å². The summed E-state index contributed by atoms with van der Waals surface area (Å²) in [6, 6.07) is 13.1. The second-order valence-electron chi connectivity index (χ2n) is 7.03. The van der Waals surface area contributed by atoms with E-state index in [-0.39, 0.29) is 11.9 Å². The van der Waals surface area contributed by atoms with Gasteiger partial charge in [-0.1, -0.05) is 17.3 Å². The lowest BCUT2D eigenvalue weighted by Gasteiger charge is -2.40. The fourth-order valence-electron chi connectivity index (χ4n) is 3.49. The summed E-state index contributed by atoms with van der Waals surface area (Å²) in [4.78, 5) is 25.7. The number of piperazine rings is 1. The van der Waals surface area contributed by atoms with E-state index < -0.39 is 0 Å². The van der Waals surface area contributed by atoms with Crippen molar-refractivity contribution in [2.24, 2.45) is 0 Å². The van der Waals surface area contributed by atoms with Gasteiger partial charge in [0, 0.05) is 49.9 Å². The molecule has 1 amide bonds. The average molecular weight is 388 g/mol. The van der Waals surface area contributed by atoms with E-state index in [1.807, 2.05) is 23.1 Å². The third kappa shape index (κ3) is 3.80. The van der Waals surface area contributed by atoms with Crippen LogP contribution in [0.1, 0.15) is 28.7 Å². The molecule has 2 aromatic heterocycles. The highest BCUT2D eigenvalue weighted by Crippen LogP contribution is 2.22. The van der Waals surface area contributed by atoms with Gasteiger partial charge in [0.2, 0.25) is 11.7 Å². The van der Waals surface area contributed by atoms with Gasteiger partial charge in [-0.3, -0.25) is 4.79 Å². The molecule has 1 unspecified atom stereocenters. The van der Waals surface area contributed by atoms with E-state index in [0.717, 1.165) is 11.4 Å². The molecule has 1 aromatic carbocycles. The largest absolute Gasteiger partial charge is 0.350 e. The van der Waals surface area contributed by atoms with E-state index in [2.05, 4.69) is 33.0 Å². The number of amides is 1. The first-order chi connectivity index (χ1) is 14.0. The van der Waals surface area contributed by atoms with E-state index in [1.54, 1.807) is 31.3 Å². The number of hydrogen-bond acceptors (Lipinski definition) is 7. The molecular weight excluding hydrogens is 368 g/mol. The summed E-state index contributed by atoms with van der Waals surface area (Å²) in [7, 11) is 0. The zero-order valence-electron chi connectivity index (χ0n) is 16.2. The van der Waals surface area contributed by atoms with E-state index in [4.69, 9.17) is 9.78 Å². The summed E-state index contributed by atoms with van der Waals surface area (Å²) in [5.41, 5.74) is 1.88. The van der Waals surface area contributed by atoms with Crippen molar-refractivity contribution in [1.82, 2.24) is 20.0 Å². The van der Waals surface area contributed by atoms with Gasteiger partial charge in [-0.15, -0.1) is 0 Å². The summed E-state index contributed by atoms with van der Waals surface area (Å²) in [5.74, 6) is 1.75. The number of benzene rings is 1. The van der Waals surface area contributed by atoms with Crippen molar-refractivity contribution >= 4 is 11.7 Å². The molecule has 1 aliphatic heterocycles.